The Morgan fingerprint density at radius 2 is 1.82 bits per heavy atom. The SMILES string of the molecule is CN(C)c1nc2cc(-n3c(OC(=O)C(F)(F)F)nc4cc(-c5ccc(Cl)cc5)sc4c3=O)ccc2n1CCCO. The number of nitrogens with zero attached hydrogens (tertiary/aromatic N) is 5. The largest absolute Gasteiger partial charge is 0.491 e. The first-order valence-electron chi connectivity index (χ1n) is 11.9. The number of aromatic nitrogens is 4. The highest BCUT2D eigenvalue weighted by Gasteiger charge is 2.42. The zero-order valence-corrected chi connectivity index (χ0v) is 22.6. The highest BCUT2D eigenvalue weighted by atomic mass is 35.5. The summed E-state index contributed by atoms with van der Waals surface area (Å²) in [5.74, 6) is -1.93. The van der Waals surface area contributed by atoms with E-state index in [1.807, 2.05) is 4.57 Å². The first-order valence-corrected chi connectivity index (χ1v) is 13.1. The van der Waals surface area contributed by atoms with E-state index in [1.165, 1.54) is 18.2 Å². The van der Waals surface area contributed by atoms with Gasteiger partial charge in [-0.3, -0.25) is 4.79 Å². The van der Waals surface area contributed by atoms with Crippen molar-refractivity contribution < 1.29 is 27.8 Å². The van der Waals surface area contributed by atoms with E-state index in [0.717, 1.165) is 21.5 Å². The Balaban J connectivity index is 1.71. The number of carbonyl (C=O) groups is 1. The summed E-state index contributed by atoms with van der Waals surface area (Å²) >= 11 is 7.07. The average molecular weight is 592 g/mol. The van der Waals surface area contributed by atoms with E-state index in [2.05, 4.69) is 14.7 Å². The van der Waals surface area contributed by atoms with Gasteiger partial charge in [0.15, 0.2) is 0 Å². The molecule has 208 valence electrons. The molecule has 3 aromatic heterocycles. The summed E-state index contributed by atoms with van der Waals surface area (Å²) in [5, 5.41) is 9.82. The van der Waals surface area contributed by atoms with E-state index < -0.39 is 23.7 Å². The summed E-state index contributed by atoms with van der Waals surface area (Å²) in [6, 6.07) is 12.2. The molecule has 0 atom stereocenters. The Morgan fingerprint density at radius 1 is 1.10 bits per heavy atom. The molecule has 14 heteroatoms. The number of imidazole rings is 1. The number of hydrogen-bond donors (Lipinski definition) is 1. The van der Waals surface area contributed by atoms with E-state index in [9.17, 15) is 27.9 Å². The molecule has 1 N–H and O–H groups in total. The molecule has 0 bridgehead atoms. The van der Waals surface area contributed by atoms with Crippen molar-refractivity contribution in [3.63, 3.8) is 0 Å². The highest BCUT2D eigenvalue weighted by molar-refractivity contribution is 7.22. The summed E-state index contributed by atoms with van der Waals surface area (Å²) in [4.78, 5) is 36.7. The number of alkyl halides is 3. The van der Waals surface area contributed by atoms with Crippen molar-refractivity contribution in [2.24, 2.45) is 0 Å². The van der Waals surface area contributed by atoms with Crippen molar-refractivity contribution in [3.8, 4) is 22.1 Å². The normalized spacial score (nSPS) is 11.9. The van der Waals surface area contributed by atoms with Crippen LogP contribution in [0.3, 0.4) is 0 Å². The van der Waals surface area contributed by atoms with Gasteiger partial charge in [-0.25, -0.2) is 14.3 Å². The van der Waals surface area contributed by atoms with Crippen LogP contribution in [-0.4, -0.2) is 57.1 Å². The lowest BCUT2D eigenvalue weighted by Gasteiger charge is -2.14. The number of aliphatic hydroxyl groups excluding tert-OH is 1. The summed E-state index contributed by atoms with van der Waals surface area (Å²) in [7, 11) is 3.59. The minimum absolute atomic E-state index is 0.0293. The predicted molar refractivity (Wildman–Crippen MR) is 147 cm³/mol. The quantitative estimate of drug-likeness (QED) is 0.265. The number of aliphatic hydroxyl groups is 1. The number of ether oxygens (including phenoxy) is 1. The van der Waals surface area contributed by atoms with Crippen molar-refractivity contribution in [2.45, 2.75) is 19.1 Å². The van der Waals surface area contributed by atoms with Crippen molar-refractivity contribution in [2.75, 3.05) is 25.6 Å². The summed E-state index contributed by atoms with van der Waals surface area (Å²) in [6.07, 6.45) is -4.84. The number of anilines is 1. The first kappa shape index (κ1) is 27.6. The fourth-order valence-electron chi connectivity index (χ4n) is 4.19. The fraction of sp³-hybridized carbons (Fsp3) is 0.231. The maximum Gasteiger partial charge on any atom is 0.491 e. The molecule has 0 aliphatic rings. The van der Waals surface area contributed by atoms with Crippen LogP contribution in [0.1, 0.15) is 6.42 Å². The molecule has 0 saturated heterocycles. The number of fused-ring (bicyclic) bond motifs is 2. The number of rotatable bonds is 7. The van der Waals surface area contributed by atoms with E-state index in [1.54, 1.807) is 49.3 Å². The lowest BCUT2D eigenvalue weighted by Crippen LogP contribution is -2.31. The fourth-order valence-corrected chi connectivity index (χ4v) is 5.35. The van der Waals surface area contributed by atoms with E-state index in [4.69, 9.17) is 11.6 Å². The zero-order valence-electron chi connectivity index (χ0n) is 21.1. The molecular formula is C26H21ClF3N5O4S. The monoisotopic (exact) mass is 591 g/mol. The lowest BCUT2D eigenvalue weighted by molar-refractivity contribution is -0.190. The van der Waals surface area contributed by atoms with Gasteiger partial charge in [-0.15, -0.1) is 11.3 Å². The molecule has 5 aromatic rings. The molecule has 0 fully saturated rings. The number of hydrogen-bond acceptors (Lipinski definition) is 8. The van der Waals surface area contributed by atoms with Gasteiger partial charge in [-0.05, 0) is 48.4 Å². The Kier molecular flexibility index (Phi) is 7.29. The molecule has 9 nitrogen and oxygen atoms in total. The van der Waals surface area contributed by atoms with Gasteiger partial charge in [0.05, 0.1) is 22.2 Å². The van der Waals surface area contributed by atoms with Gasteiger partial charge in [0.25, 0.3) is 5.56 Å². The number of aryl methyl sites for hydroxylation is 1. The number of esters is 1. The molecule has 3 heterocycles. The topological polar surface area (TPSA) is 102 Å². The minimum atomic E-state index is -5.31. The molecule has 0 aliphatic heterocycles. The van der Waals surface area contributed by atoms with Crippen LogP contribution in [0.15, 0.2) is 53.3 Å². The third-order valence-electron chi connectivity index (χ3n) is 5.97. The molecule has 2 aromatic carbocycles. The van der Waals surface area contributed by atoms with E-state index in [-0.39, 0.29) is 22.5 Å². The average Bonchev–Trinajstić information content (AvgIpc) is 3.49. The molecular weight excluding hydrogens is 571 g/mol. The van der Waals surface area contributed by atoms with Crippen molar-refractivity contribution in [1.82, 2.24) is 19.1 Å². The third kappa shape index (κ3) is 5.15. The maximum atomic E-state index is 13.7. The van der Waals surface area contributed by atoms with Crippen molar-refractivity contribution >= 4 is 56.1 Å². The van der Waals surface area contributed by atoms with Crippen LogP contribution in [0.25, 0.3) is 37.4 Å². The second-order valence-corrected chi connectivity index (χ2v) is 10.5. The van der Waals surface area contributed by atoms with Crippen LogP contribution < -0.4 is 15.2 Å². The molecule has 5 rings (SSSR count). The van der Waals surface area contributed by atoms with Gasteiger partial charge >= 0.3 is 18.2 Å². The number of carbonyl (C=O) groups excluding carboxylic acids is 1. The summed E-state index contributed by atoms with van der Waals surface area (Å²) < 4.78 is 46.9. The second-order valence-electron chi connectivity index (χ2n) is 8.96. The Labute approximate surface area is 233 Å². The molecule has 0 aliphatic carbocycles. The van der Waals surface area contributed by atoms with Gasteiger partial charge in [0.2, 0.25) is 5.95 Å². The summed E-state index contributed by atoms with van der Waals surface area (Å²) in [5.41, 5.74) is 1.30. The predicted octanol–water partition coefficient (Wildman–Crippen LogP) is 5.03. The van der Waals surface area contributed by atoms with Crippen LogP contribution in [-0.2, 0) is 11.3 Å². The molecule has 0 spiro atoms. The van der Waals surface area contributed by atoms with Gasteiger partial charge in [0, 0.05) is 37.1 Å². The Bertz CT molecular complexity index is 1800. The smallest absolute Gasteiger partial charge is 0.396 e. The van der Waals surface area contributed by atoms with Crippen molar-refractivity contribution in [1.29, 1.82) is 0 Å². The summed E-state index contributed by atoms with van der Waals surface area (Å²) in [6.45, 7) is 0.433. The highest BCUT2D eigenvalue weighted by Crippen LogP contribution is 2.34. The number of benzene rings is 2. The first-order chi connectivity index (χ1) is 19.0. The van der Waals surface area contributed by atoms with Gasteiger partial charge < -0.3 is 19.3 Å². The van der Waals surface area contributed by atoms with Crippen LogP contribution in [0.4, 0.5) is 19.1 Å². The Morgan fingerprint density at radius 3 is 2.48 bits per heavy atom. The minimum Gasteiger partial charge on any atom is -0.396 e. The van der Waals surface area contributed by atoms with Gasteiger partial charge in [0.1, 0.15) is 4.70 Å². The molecule has 0 amide bonds. The third-order valence-corrected chi connectivity index (χ3v) is 7.38. The maximum absolute atomic E-state index is 13.7. The second kappa shape index (κ2) is 10.6. The molecule has 0 saturated carbocycles. The zero-order chi connectivity index (χ0) is 28.8. The van der Waals surface area contributed by atoms with Crippen LogP contribution in [0.2, 0.25) is 5.02 Å². The lowest BCUT2D eigenvalue weighted by atomic mass is 10.2. The Hall–Kier alpha value is -3.94. The molecule has 0 radical (unpaired) electrons. The number of thiophene rings is 1. The van der Waals surface area contributed by atoms with Gasteiger partial charge in [-0.1, -0.05) is 23.7 Å². The van der Waals surface area contributed by atoms with Crippen LogP contribution >= 0.6 is 22.9 Å². The molecule has 0 unspecified atom stereocenters. The van der Waals surface area contributed by atoms with E-state index >= 15 is 0 Å². The number of halogens is 4. The van der Waals surface area contributed by atoms with Crippen molar-refractivity contribution in [3.05, 3.63) is 63.9 Å². The van der Waals surface area contributed by atoms with Crippen LogP contribution in [0.5, 0.6) is 6.01 Å². The standard InChI is InChI=1S/C26H21ClF3N5O4S/c1-33(2)24-31-17-12-16(8-9-19(17)34(24)10-3-11-36)35-22(37)21-18(32-25(35)39-23(38)26(28,29)30)13-20(40-21)14-4-6-15(27)7-5-14/h4-9,12-13,36H,3,10-11H2,1-2H3. The molecule has 40 heavy (non-hydrogen) atoms. The van der Waals surface area contributed by atoms with Gasteiger partial charge in [-0.2, -0.15) is 18.2 Å². The van der Waals surface area contributed by atoms with E-state index in [0.29, 0.717) is 39.8 Å². The van der Waals surface area contributed by atoms with Crippen LogP contribution in [0, 0.1) is 0 Å².